The van der Waals surface area contributed by atoms with E-state index in [2.05, 4.69) is 58.0 Å². The Labute approximate surface area is 106 Å². The molecular formula is C16H26O. The van der Waals surface area contributed by atoms with Gasteiger partial charge in [0.05, 0.1) is 6.61 Å². The van der Waals surface area contributed by atoms with Crippen molar-refractivity contribution in [3.05, 3.63) is 35.9 Å². The fourth-order valence-electron chi connectivity index (χ4n) is 1.90. The maximum Gasteiger partial charge on any atom is 0.0537 e. The van der Waals surface area contributed by atoms with Crippen molar-refractivity contribution in [2.75, 3.05) is 13.2 Å². The third-order valence-corrected chi connectivity index (χ3v) is 3.17. The zero-order valence-corrected chi connectivity index (χ0v) is 11.6. The average molecular weight is 234 g/mol. The van der Waals surface area contributed by atoms with E-state index >= 15 is 0 Å². The Kier molecular flexibility index (Phi) is 6.28. The predicted molar refractivity (Wildman–Crippen MR) is 74.3 cm³/mol. The fraction of sp³-hybridized carbons (Fsp3) is 0.625. The van der Waals surface area contributed by atoms with Crippen molar-refractivity contribution >= 4 is 0 Å². The zero-order chi connectivity index (χ0) is 12.7. The first-order valence-corrected chi connectivity index (χ1v) is 6.74. The second kappa shape index (κ2) is 7.50. The van der Waals surface area contributed by atoms with Crippen molar-refractivity contribution in [2.45, 2.75) is 40.0 Å². The molecule has 96 valence electrons. The van der Waals surface area contributed by atoms with Crippen LogP contribution in [-0.4, -0.2) is 13.2 Å². The molecule has 1 atom stereocenters. The van der Waals surface area contributed by atoms with Gasteiger partial charge in [-0.05, 0) is 23.8 Å². The average Bonchev–Trinajstić information content (AvgIpc) is 2.29. The van der Waals surface area contributed by atoms with Gasteiger partial charge in [-0.1, -0.05) is 58.0 Å². The smallest absolute Gasteiger partial charge is 0.0537 e. The fourth-order valence-corrected chi connectivity index (χ4v) is 1.90. The maximum atomic E-state index is 5.82. The molecule has 1 aromatic carbocycles. The quantitative estimate of drug-likeness (QED) is 0.632. The lowest BCUT2D eigenvalue weighted by Gasteiger charge is -2.21. The van der Waals surface area contributed by atoms with E-state index in [1.165, 1.54) is 5.56 Å². The minimum Gasteiger partial charge on any atom is -0.381 e. The first-order valence-electron chi connectivity index (χ1n) is 6.74. The molecule has 1 nitrogen and oxygen atoms in total. The summed E-state index contributed by atoms with van der Waals surface area (Å²) >= 11 is 0. The molecule has 0 radical (unpaired) electrons. The molecule has 0 aromatic heterocycles. The molecule has 0 fully saturated rings. The van der Waals surface area contributed by atoms with Crippen LogP contribution in [0.2, 0.25) is 0 Å². The normalized spacial score (nSPS) is 13.3. The van der Waals surface area contributed by atoms with E-state index < -0.39 is 0 Å². The molecule has 0 aliphatic carbocycles. The van der Waals surface area contributed by atoms with Gasteiger partial charge in [-0.15, -0.1) is 0 Å². The Hall–Kier alpha value is -0.820. The molecule has 0 saturated carbocycles. The molecule has 0 amide bonds. The van der Waals surface area contributed by atoms with E-state index in [0.29, 0.717) is 11.8 Å². The van der Waals surface area contributed by atoms with Crippen molar-refractivity contribution in [3.63, 3.8) is 0 Å². The van der Waals surface area contributed by atoms with E-state index in [-0.39, 0.29) is 0 Å². The van der Waals surface area contributed by atoms with Crippen LogP contribution in [-0.2, 0) is 4.74 Å². The van der Waals surface area contributed by atoms with Gasteiger partial charge in [-0.25, -0.2) is 0 Å². The van der Waals surface area contributed by atoms with Gasteiger partial charge in [0.1, 0.15) is 0 Å². The Balaban J connectivity index is 2.45. The van der Waals surface area contributed by atoms with Crippen molar-refractivity contribution in [1.29, 1.82) is 0 Å². The monoisotopic (exact) mass is 234 g/mol. The van der Waals surface area contributed by atoms with E-state index in [9.17, 15) is 0 Å². The van der Waals surface area contributed by atoms with Crippen molar-refractivity contribution in [2.24, 2.45) is 11.8 Å². The summed E-state index contributed by atoms with van der Waals surface area (Å²) in [6, 6.07) is 10.7. The third-order valence-electron chi connectivity index (χ3n) is 3.17. The van der Waals surface area contributed by atoms with Crippen LogP contribution in [0.3, 0.4) is 0 Å². The Bertz CT molecular complexity index is 290. The van der Waals surface area contributed by atoms with Gasteiger partial charge in [-0.2, -0.15) is 0 Å². The van der Waals surface area contributed by atoms with Gasteiger partial charge < -0.3 is 4.74 Å². The van der Waals surface area contributed by atoms with Gasteiger partial charge in [0.2, 0.25) is 0 Å². The lowest BCUT2D eigenvalue weighted by Crippen LogP contribution is -2.15. The summed E-state index contributed by atoms with van der Waals surface area (Å²) in [5.41, 5.74) is 1.40. The van der Waals surface area contributed by atoms with Gasteiger partial charge >= 0.3 is 0 Å². The second-order valence-electron chi connectivity index (χ2n) is 5.52. The highest BCUT2D eigenvalue weighted by Crippen LogP contribution is 2.24. The highest BCUT2D eigenvalue weighted by molar-refractivity contribution is 5.20. The number of hydrogen-bond donors (Lipinski definition) is 0. The molecule has 17 heavy (non-hydrogen) atoms. The second-order valence-corrected chi connectivity index (χ2v) is 5.52. The Morgan fingerprint density at radius 2 is 1.65 bits per heavy atom. The SMILES string of the molecule is CC(C)CCOC[C@H](c1ccccc1)C(C)C. The van der Waals surface area contributed by atoms with Crippen molar-refractivity contribution in [3.8, 4) is 0 Å². The summed E-state index contributed by atoms with van der Waals surface area (Å²) < 4.78 is 5.82. The Morgan fingerprint density at radius 3 is 2.18 bits per heavy atom. The molecule has 1 rings (SSSR count). The number of benzene rings is 1. The van der Waals surface area contributed by atoms with Gasteiger partial charge in [0.15, 0.2) is 0 Å². The molecular weight excluding hydrogens is 208 g/mol. The first kappa shape index (κ1) is 14.2. The lowest BCUT2D eigenvalue weighted by molar-refractivity contribution is 0.0996. The zero-order valence-electron chi connectivity index (χ0n) is 11.6. The summed E-state index contributed by atoms with van der Waals surface area (Å²) in [4.78, 5) is 0. The summed E-state index contributed by atoms with van der Waals surface area (Å²) in [7, 11) is 0. The maximum absolute atomic E-state index is 5.82. The first-order chi connectivity index (χ1) is 8.11. The van der Waals surface area contributed by atoms with Gasteiger partial charge in [0.25, 0.3) is 0 Å². The molecule has 0 unspecified atom stereocenters. The number of ether oxygens (including phenoxy) is 1. The van der Waals surface area contributed by atoms with E-state index in [4.69, 9.17) is 4.74 Å². The summed E-state index contributed by atoms with van der Waals surface area (Å²) in [5.74, 6) is 1.86. The van der Waals surface area contributed by atoms with Crippen LogP contribution in [0, 0.1) is 11.8 Å². The highest BCUT2D eigenvalue weighted by Gasteiger charge is 2.15. The summed E-state index contributed by atoms with van der Waals surface area (Å²) in [5, 5.41) is 0. The topological polar surface area (TPSA) is 9.23 Å². The van der Waals surface area contributed by atoms with Crippen LogP contribution in [0.5, 0.6) is 0 Å². The standard InChI is InChI=1S/C16H26O/c1-13(2)10-11-17-12-16(14(3)4)15-8-6-5-7-9-15/h5-9,13-14,16H,10-12H2,1-4H3/t16-/m0/s1. The van der Waals surface area contributed by atoms with Crippen LogP contribution in [0.25, 0.3) is 0 Å². The molecule has 1 aromatic rings. The molecule has 0 aliphatic heterocycles. The van der Waals surface area contributed by atoms with Crippen LogP contribution < -0.4 is 0 Å². The molecule has 1 heteroatoms. The molecule has 0 spiro atoms. The number of rotatable bonds is 7. The summed E-state index contributed by atoms with van der Waals surface area (Å²) in [6.45, 7) is 10.7. The molecule has 0 aliphatic rings. The highest BCUT2D eigenvalue weighted by atomic mass is 16.5. The minimum atomic E-state index is 0.517. The largest absolute Gasteiger partial charge is 0.381 e. The lowest BCUT2D eigenvalue weighted by atomic mass is 9.89. The molecule has 0 saturated heterocycles. The predicted octanol–water partition coefficient (Wildman–Crippen LogP) is 4.49. The van der Waals surface area contributed by atoms with Crippen LogP contribution >= 0.6 is 0 Å². The van der Waals surface area contributed by atoms with Crippen molar-refractivity contribution < 1.29 is 4.74 Å². The van der Waals surface area contributed by atoms with Crippen LogP contribution in [0.4, 0.5) is 0 Å². The number of hydrogen-bond acceptors (Lipinski definition) is 1. The molecule has 0 heterocycles. The van der Waals surface area contributed by atoms with Gasteiger partial charge in [0, 0.05) is 12.5 Å². The molecule has 0 bridgehead atoms. The van der Waals surface area contributed by atoms with Crippen LogP contribution in [0.15, 0.2) is 30.3 Å². The summed E-state index contributed by atoms with van der Waals surface area (Å²) in [6.07, 6.45) is 1.15. The minimum absolute atomic E-state index is 0.517. The van der Waals surface area contributed by atoms with Crippen molar-refractivity contribution in [1.82, 2.24) is 0 Å². The van der Waals surface area contributed by atoms with E-state index in [0.717, 1.165) is 25.6 Å². The van der Waals surface area contributed by atoms with E-state index in [1.807, 2.05) is 0 Å². The van der Waals surface area contributed by atoms with Gasteiger partial charge in [-0.3, -0.25) is 0 Å². The third kappa shape index (κ3) is 5.36. The van der Waals surface area contributed by atoms with Crippen LogP contribution in [0.1, 0.15) is 45.6 Å². The molecule has 0 N–H and O–H groups in total. The Morgan fingerprint density at radius 1 is 1.00 bits per heavy atom. The van der Waals surface area contributed by atoms with E-state index in [1.54, 1.807) is 0 Å².